The van der Waals surface area contributed by atoms with Crippen LogP contribution in [0.4, 0.5) is 10.1 Å². The molecule has 0 aliphatic heterocycles. The molecule has 7 heteroatoms. The Morgan fingerprint density at radius 3 is 2.62 bits per heavy atom. The summed E-state index contributed by atoms with van der Waals surface area (Å²) >= 11 is 0. The van der Waals surface area contributed by atoms with Crippen LogP contribution in [0.5, 0.6) is 0 Å². The molecule has 1 aromatic carbocycles. The third-order valence-electron chi connectivity index (χ3n) is 3.67. The first kappa shape index (κ1) is 15.6. The Labute approximate surface area is 147 Å². The molecule has 0 bridgehead atoms. The van der Waals surface area contributed by atoms with Crippen LogP contribution < -0.4 is 0 Å². The summed E-state index contributed by atoms with van der Waals surface area (Å²) in [4.78, 5) is 15.7. The van der Waals surface area contributed by atoms with Crippen LogP contribution in [0.3, 0.4) is 0 Å². The zero-order chi connectivity index (χ0) is 17.9. The topological polar surface area (TPSA) is 69.1 Å². The van der Waals surface area contributed by atoms with Gasteiger partial charge in [-0.3, -0.25) is 9.97 Å². The van der Waals surface area contributed by atoms with Crippen LogP contribution >= 0.6 is 0 Å². The SMILES string of the molecule is [C-]#[N+]c1ccc(-c2noc(-c3cc(F)cc(-c4cccnc4)c3)n2)nc1. The lowest BCUT2D eigenvalue weighted by molar-refractivity contribution is 0.432. The quantitative estimate of drug-likeness (QED) is 0.510. The lowest BCUT2D eigenvalue weighted by Gasteiger charge is -2.03. The fraction of sp³-hybridized carbons (Fsp3) is 0. The molecule has 0 amide bonds. The van der Waals surface area contributed by atoms with Gasteiger partial charge < -0.3 is 4.52 Å². The molecule has 0 spiro atoms. The molecule has 0 radical (unpaired) electrons. The van der Waals surface area contributed by atoms with Crippen molar-refractivity contribution in [3.8, 4) is 34.1 Å². The first-order chi connectivity index (χ1) is 12.7. The third kappa shape index (κ3) is 3.03. The maximum absolute atomic E-state index is 14.1. The van der Waals surface area contributed by atoms with Gasteiger partial charge >= 0.3 is 0 Å². The summed E-state index contributed by atoms with van der Waals surface area (Å²) in [6.07, 6.45) is 4.74. The molecule has 4 rings (SSSR count). The van der Waals surface area contributed by atoms with Crippen LogP contribution in [0.15, 0.2) is 65.6 Å². The summed E-state index contributed by atoms with van der Waals surface area (Å²) in [5, 5.41) is 3.89. The van der Waals surface area contributed by atoms with Crippen LogP contribution in [-0.4, -0.2) is 20.1 Å². The molecule has 0 N–H and O–H groups in total. The Morgan fingerprint density at radius 2 is 1.88 bits per heavy atom. The van der Waals surface area contributed by atoms with Crippen molar-refractivity contribution in [3.05, 3.63) is 78.3 Å². The Kier molecular flexibility index (Phi) is 3.92. The fourth-order valence-electron chi connectivity index (χ4n) is 2.44. The van der Waals surface area contributed by atoms with Crippen molar-refractivity contribution in [2.75, 3.05) is 0 Å². The van der Waals surface area contributed by atoms with E-state index in [-0.39, 0.29) is 11.7 Å². The summed E-state index contributed by atoms with van der Waals surface area (Å²) in [5.41, 5.74) is 2.79. The fourth-order valence-corrected chi connectivity index (χ4v) is 2.44. The zero-order valence-electron chi connectivity index (χ0n) is 13.3. The molecule has 0 saturated heterocycles. The second-order valence-corrected chi connectivity index (χ2v) is 5.41. The normalized spacial score (nSPS) is 10.5. The molecule has 4 aromatic rings. The first-order valence-electron chi connectivity index (χ1n) is 7.62. The average Bonchev–Trinajstić information content (AvgIpc) is 3.18. The van der Waals surface area contributed by atoms with Gasteiger partial charge in [0.15, 0.2) is 0 Å². The Bertz CT molecular complexity index is 1100. The van der Waals surface area contributed by atoms with Crippen molar-refractivity contribution in [3.63, 3.8) is 0 Å². The van der Waals surface area contributed by atoms with E-state index in [1.807, 2.05) is 6.07 Å². The van der Waals surface area contributed by atoms with E-state index in [9.17, 15) is 4.39 Å². The molecule has 124 valence electrons. The van der Waals surface area contributed by atoms with Crippen LogP contribution in [0.1, 0.15) is 0 Å². The molecular weight excluding hydrogens is 333 g/mol. The van der Waals surface area contributed by atoms with Gasteiger partial charge in [0.2, 0.25) is 11.5 Å². The largest absolute Gasteiger partial charge is 0.334 e. The predicted octanol–water partition coefficient (Wildman–Crippen LogP) is 4.55. The van der Waals surface area contributed by atoms with Gasteiger partial charge in [0.1, 0.15) is 11.5 Å². The van der Waals surface area contributed by atoms with Crippen LogP contribution in [-0.2, 0) is 0 Å². The van der Waals surface area contributed by atoms with E-state index in [2.05, 4.69) is 25.0 Å². The minimum absolute atomic E-state index is 0.181. The van der Waals surface area contributed by atoms with Crippen LogP contribution in [0.25, 0.3) is 38.9 Å². The molecule has 0 atom stereocenters. The summed E-state index contributed by atoms with van der Waals surface area (Å²) in [5.74, 6) is 0.0325. The monoisotopic (exact) mass is 343 g/mol. The number of hydrogen-bond donors (Lipinski definition) is 0. The second kappa shape index (κ2) is 6.53. The maximum atomic E-state index is 14.1. The number of benzene rings is 1. The van der Waals surface area contributed by atoms with E-state index >= 15 is 0 Å². The highest BCUT2D eigenvalue weighted by Gasteiger charge is 2.14. The number of halogens is 1. The van der Waals surface area contributed by atoms with E-state index in [1.54, 1.807) is 36.7 Å². The van der Waals surface area contributed by atoms with Gasteiger partial charge in [0, 0.05) is 29.7 Å². The summed E-state index contributed by atoms with van der Waals surface area (Å²) < 4.78 is 19.3. The van der Waals surface area contributed by atoms with Gasteiger partial charge in [-0.25, -0.2) is 9.24 Å². The van der Waals surface area contributed by atoms with Crippen LogP contribution in [0.2, 0.25) is 0 Å². The van der Waals surface area contributed by atoms with Crippen molar-refractivity contribution in [2.45, 2.75) is 0 Å². The van der Waals surface area contributed by atoms with Crippen molar-refractivity contribution >= 4 is 5.69 Å². The van der Waals surface area contributed by atoms with Gasteiger partial charge in [-0.15, -0.1) is 0 Å². The number of pyridine rings is 2. The number of aromatic nitrogens is 4. The minimum atomic E-state index is -0.416. The lowest BCUT2D eigenvalue weighted by Crippen LogP contribution is -1.87. The van der Waals surface area contributed by atoms with E-state index in [0.29, 0.717) is 22.5 Å². The van der Waals surface area contributed by atoms with Crippen molar-refractivity contribution in [1.29, 1.82) is 0 Å². The van der Waals surface area contributed by atoms with Gasteiger partial charge in [0.25, 0.3) is 5.89 Å². The maximum Gasteiger partial charge on any atom is 0.258 e. The van der Waals surface area contributed by atoms with Crippen molar-refractivity contribution in [2.24, 2.45) is 0 Å². The third-order valence-corrected chi connectivity index (χ3v) is 3.67. The Hall–Kier alpha value is -3.92. The number of rotatable bonds is 3. The molecule has 0 aliphatic rings. The Morgan fingerprint density at radius 1 is 1.00 bits per heavy atom. The lowest BCUT2D eigenvalue weighted by atomic mass is 10.0. The summed E-state index contributed by atoms with van der Waals surface area (Å²) in [6, 6.07) is 11.4. The molecule has 6 nitrogen and oxygen atoms in total. The first-order valence-corrected chi connectivity index (χ1v) is 7.62. The number of nitrogens with zero attached hydrogens (tertiary/aromatic N) is 5. The smallest absolute Gasteiger partial charge is 0.258 e. The van der Waals surface area contributed by atoms with Crippen molar-refractivity contribution in [1.82, 2.24) is 20.1 Å². The molecule has 3 heterocycles. The van der Waals surface area contributed by atoms with E-state index in [4.69, 9.17) is 11.1 Å². The zero-order valence-corrected chi connectivity index (χ0v) is 13.3. The van der Waals surface area contributed by atoms with Crippen molar-refractivity contribution < 1.29 is 8.91 Å². The van der Waals surface area contributed by atoms with E-state index < -0.39 is 5.82 Å². The summed E-state index contributed by atoms with van der Waals surface area (Å²) in [7, 11) is 0. The van der Waals surface area contributed by atoms with Crippen LogP contribution in [0, 0.1) is 12.4 Å². The Balaban J connectivity index is 1.71. The molecule has 0 aliphatic carbocycles. The second-order valence-electron chi connectivity index (χ2n) is 5.41. The predicted molar refractivity (Wildman–Crippen MR) is 92.4 cm³/mol. The minimum Gasteiger partial charge on any atom is -0.334 e. The summed E-state index contributed by atoms with van der Waals surface area (Å²) in [6.45, 7) is 6.94. The number of hydrogen-bond acceptors (Lipinski definition) is 5. The average molecular weight is 343 g/mol. The van der Waals surface area contributed by atoms with Gasteiger partial charge in [0.05, 0.1) is 6.57 Å². The van der Waals surface area contributed by atoms with Gasteiger partial charge in [-0.2, -0.15) is 4.98 Å². The van der Waals surface area contributed by atoms with E-state index in [0.717, 1.165) is 5.56 Å². The highest BCUT2D eigenvalue weighted by Crippen LogP contribution is 2.28. The van der Waals surface area contributed by atoms with Gasteiger partial charge in [-0.05, 0) is 35.9 Å². The standard InChI is InChI=1S/C19H10FN5O/c1-21-16-4-5-17(23-11-16)18-24-19(26-25-18)14-7-13(8-15(20)9-14)12-3-2-6-22-10-12/h2-11H. The van der Waals surface area contributed by atoms with Gasteiger partial charge in [-0.1, -0.05) is 17.3 Å². The highest BCUT2D eigenvalue weighted by atomic mass is 19.1. The molecule has 26 heavy (non-hydrogen) atoms. The molecule has 3 aromatic heterocycles. The highest BCUT2D eigenvalue weighted by molar-refractivity contribution is 5.70. The molecular formula is C19H10FN5O. The van der Waals surface area contributed by atoms with E-state index in [1.165, 1.54) is 18.3 Å². The molecule has 0 unspecified atom stereocenters. The molecule has 0 saturated carbocycles. The molecule has 0 fully saturated rings.